The van der Waals surface area contributed by atoms with E-state index in [1.54, 1.807) is 6.07 Å². The van der Waals surface area contributed by atoms with Crippen LogP contribution in [0, 0.1) is 0 Å². The third-order valence-electron chi connectivity index (χ3n) is 5.29. The van der Waals surface area contributed by atoms with Gasteiger partial charge in [-0.3, -0.25) is 14.5 Å². The van der Waals surface area contributed by atoms with Crippen molar-refractivity contribution in [2.45, 2.75) is 12.8 Å². The molecule has 1 aromatic carbocycles. The van der Waals surface area contributed by atoms with Gasteiger partial charge in [-0.2, -0.15) is 0 Å². The molecule has 6 heteroatoms. The fraction of sp³-hybridized carbons (Fsp3) is 0.450. The Morgan fingerprint density at radius 1 is 0.846 bits per heavy atom. The van der Waals surface area contributed by atoms with E-state index in [0.29, 0.717) is 25.3 Å². The van der Waals surface area contributed by atoms with Crippen molar-refractivity contribution in [2.75, 3.05) is 45.8 Å². The summed E-state index contributed by atoms with van der Waals surface area (Å²) in [5, 5.41) is 1.04. The van der Waals surface area contributed by atoms with E-state index in [4.69, 9.17) is 0 Å². The highest BCUT2D eigenvalue weighted by molar-refractivity contribution is 5.95. The monoisotopic (exact) mass is 352 g/mol. The largest absolute Gasteiger partial charge is 0.342 e. The fourth-order valence-corrected chi connectivity index (χ4v) is 3.71. The van der Waals surface area contributed by atoms with E-state index in [1.165, 1.54) is 0 Å². The van der Waals surface area contributed by atoms with E-state index in [-0.39, 0.29) is 11.8 Å². The van der Waals surface area contributed by atoms with E-state index in [1.807, 2.05) is 40.1 Å². The zero-order valence-corrected chi connectivity index (χ0v) is 14.9. The fourth-order valence-electron chi connectivity index (χ4n) is 3.71. The molecule has 2 aliphatic rings. The van der Waals surface area contributed by atoms with Crippen LogP contribution in [0.25, 0.3) is 10.9 Å². The van der Waals surface area contributed by atoms with Crippen LogP contribution >= 0.6 is 0 Å². The molecule has 0 saturated carbocycles. The number of carbonyl (C=O) groups is 2. The number of nitrogens with zero attached hydrogens (tertiary/aromatic N) is 4. The standard InChI is InChI=1S/C20H24N4O2/c25-19(23-9-3-4-10-23)15-22-11-13-24(14-12-22)20(26)18-8-7-16-5-1-2-6-17(16)21-18/h1-2,5-8H,3-4,9-15H2. The Morgan fingerprint density at radius 2 is 1.58 bits per heavy atom. The molecule has 2 saturated heterocycles. The Morgan fingerprint density at radius 3 is 2.35 bits per heavy atom. The lowest BCUT2D eigenvalue weighted by Gasteiger charge is -2.34. The summed E-state index contributed by atoms with van der Waals surface area (Å²) in [6.45, 7) is 5.01. The number of benzene rings is 1. The van der Waals surface area contributed by atoms with Gasteiger partial charge in [0.1, 0.15) is 5.69 Å². The van der Waals surface area contributed by atoms with Crippen LogP contribution < -0.4 is 0 Å². The average molecular weight is 352 g/mol. The molecule has 1 aromatic heterocycles. The number of para-hydroxylation sites is 1. The highest BCUT2D eigenvalue weighted by atomic mass is 16.2. The van der Waals surface area contributed by atoms with Crippen molar-refractivity contribution >= 4 is 22.7 Å². The Bertz CT molecular complexity index is 808. The van der Waals surface area contributed by atoms with Gasteiger partial charge < -0.3 is 9.80 Å². The molecular formula is C20H24N4O2. The summed E-state index contributed by atoms with van der Waals surface area (Å²) in [7, 11) is 0. The van der Waals surface area contributed by atoms with Gasteiger partial charge in [0, 0.05) is 44.7 Å². The number of amides is 2. The van der Waals surface area contributed by atoms with Crippen LogP contribution in [0.4, 0.5) is 0 Å². The van der Waals surface area contributed by atoms with Crippen LogP contribution in [0.1, 0.15) is 23.3 Å². The minimum atomic E-state index is -0.0266. The third kappa shape index (κ3) is 3.55. The van der Waals surface area contributed by atoms with Gasteiger partial charge >= 0.3 is 0 Å². The number of fused-ring (bicyclic) bond motifs is 1. The van der Waals surface area contributed by atoms with Crippen LogP contribution in [0.3, 0.4) is 0 Å². The number of piperazine rings is 1. The third-order valence-corrected chi connectivity index (χ3v) is 5.29. The Hall–Kier alpha value is -2.47. The number of hydrogen-bond acceptors (Lipinski definition) is 4. The van der Waals surface area contributed by atoms with Crippen molar-refractivity contribution in [3.05, 3.63) is 42.1 Å². The van der Waals surface area contributed by atoms with E-state index in [0.717, 1.165) is 49.9 Å². The minimum absolute atomic E-state index is 0.0266. The second kappa shape index (κ2) is 7.41. The SMILES string of the molecule is O=C(CN1CCN(C(=O)c2ccc3ccccc3n2)CC1)N1CCCC1. The zero-order valence-electron chi connectivity index (χ0n) is 14.9. The van der Waals surface area contributed by atoms with E-state index in [9.17, 15) is 9.59 Å². The van der Waals surface area contributed by atoms with Crippen molar-refractivity contribution in [1.82, 2.24) is 19.7 Å². The van der Waals surface area contributed by atoms with Crippen LogP contribution in [0.15, 0.2) is 36.4 Å². The van der Waals surface area contributed by atoms with Gasteiger partial charge in [0.05, 0.1) is 12.1 Å². The number of aromatic nitrogens is 1. The molecule has 2 aromatic rings. The van der Waals surface area contributed by atoms with Crippen LogP contribution in [0.2, 0.25) is 0 Å². The molecule has 6 nitrogen and oxygen atoms in total. The molecule has 0 radical (unpaired) electrons. The van der Waals surface area contributed by atoms with Crippen LogP contribution in [-0.2, 0) is 4.79 Å². The molecule has 0 unspecified atom stereocenters. The topological polar surface area (TPSA) is 56.8 Å². The van der Waals surface area contributed by atoms with Gasteiger partial charge in [-0.25, -0.2) is 4.98 Å². The summed E-state index contributed by atoms with van der Waals surface area (Å²) in [6, 6.07) is 11.6. The predicted octanol–water partition coefficient (Wildman–Crippen LogP) is 1.62. The van der Waals surface area contributed by atoms with Crippen molar-refractivity contribution < 1.29 is 9.59 Å². The number of rotatable bonds is 3. The maximum absolute atomic E-state index is 12.8. The maximum Gasteiger partial charge on any atom is 0.272 e. The van der Waals surface area contributed by atoms with E-state index in [2.05, 4.69) is 9.88 Å². The molecule has 0 atom stereocenters. The lowest BCUT2D eigenvalue weighted by molar-refractivity contribution is -0.131. The summed E-state index contributed by atoms with van der Waals surface area (Å²) in [5.74, 6) is 0.194. The first kappa shape index (κ1) is 17.0. The Labute approximate surface area is 153 Å². The molecule has 3 heterocycles. The van der Waals surface area contributed by atoms with Crippen LogP contribution in [0.5, 0.6) is 0 Å². The number of likely N-dealkylation sites (tertiary alicyclic amines) is 1. The molecule has 2 fully saturated rings. The number of pyridine rings is 1. The molecule has 136 valence electrons. The van der Waals surface area contributed by atoms with E-state index < -0.39 is 0 Å². The van der Waals surface area contributed by atoms with Crippen molar-refractivity contribution in [2.24, 2.45) is 0 Å². The van der Waals surface area contributed by atoms with Crippen LogP contribution in [-0.4, -0.2) is 77.3 Å². The zero-order chi connectivity index (χ0) is 17.9. The highest BCUT2D eigenvalue weighted by Gasteiger charge is 2.26. The molecule has 26 heavy (non-hydrogen) atoms. The molecule has 0 N–H and O–H groups in total. The smallest absolute Gasteiger partial charge is 0.272 e. The lowest BCUT2D eigenvalue weighted by Crippen LogP contribution is -2.51. The predicted molar refractivity (Wildman–Crippen MR) is 99.9 cm³/mol. The van der Waals surface area contributed by atoms with E-state index >= 15 is 0 Å². The Kier molecular flexibility index (Phi) is 4.84. The highest BCUT2D eigenvalue weighted by Crippen LogP contribution is 2.14. The quantitative estimate of drug-likeness (QED) is 0.842. The molecule has 0 spiro atoms. The van der Waals surface area contributed by atoms with Gasteiger partial charge in [-0.05, 0) is 25.0 Å². The molecule has 0 aliphatic carbocycles. The van der Waals surface area contributed by atoms with Gasteiger partial charge in [0.15, 0.2) is 0 Å². The molecule has 2 amide bonds. The van der Waals surface area contributed by atoms with Crippen molar-refractivity contribution in [1.29, 1.82) is 0 Å². The lowest BCUT2D eigenvalue weighted by atomic mass is 10.2. The first-order valence-corrected chi connectivity index (χ1v) is 9.36. The summed E-state index contributed by atoms with van der Waals surface area (Å²) in [6.07, 6.45) is 2.24. The second-order valence-electron chi connectivity index (χ2n) is 7.05. The summed E-state index contributed by atoms with van der Waals surface area (Å²) < 4.78 is 0. The summed E-state index contributed by atoms with van der Waals surface area (Å²) in [4.78, 5) is 35.5. The first-order chi connectivity index (χ1) is 12.7. The Balaban J connectivity index is 1.34. The molecule has 2 aliphatic heterocycles. The molecule has 4 rings (SSSR count). The number of carbonyl (C=O) groups excluding carboxylic acids is 2. The summed E-state index contributed by atoms with van der Waals surface area (Å²) in [5.41, 5.74) is 1.33. The second-order valence-corrected chi connectivity index (χ2v) is 7.05. The van der Waals surface area contributed by atoms with Crippen molar-refractivity contribution in [3.8, 4) is 0 Å². The first-order valence-electron chi connectivity index (χ1n) is 9.36. The van der Waals surface area contributed by atoms with Gasteiger partial charge in [-0.1, -0.05) is 24.3 Å². The maximum atomic E-state index is 12.8. The average Bonchev–Trinajstić information content (AvgIpc) is 3.23. The van der Waals surface area contributed by atoms with Gasteiger partial charge in [0.25, 0.3) is 5.91 Å². The van der Waals surface area contributed by atoms with Gasteiger partial charge in [0.2, 0.25) is 5.91 Å². The van der Waals surface area contributed by atoms with Gasteiger partial charge in [-0.15, -0.1) is 0 Å². The molecular weight excluding hydrogens is 328 g/mol. The molecule has 0 bridgehead atoms. The number of hydrogen-bond donors (Lipinski definition) is 0. The minimum Gasteiger partial charge on any atom is -0.342 e. The van der Waals surface area contributed by atoms with Crippen molar-refractivity contribution in [3.63, 3.8) is 0 Å². The normalized spacial score (nSPS) is 18.5. The summed E-state index contributed by atoms with van der Waals surface area (Å²) >= 11 is 0.